The van der Waals surface area contributed by atoms with Crippen molar-refractivity contribution < 1.29 is 8.42 Å². The molecular formula is C19H19N3O3S. The van der Waals surface area contributed by atoms with Crippen molar-refractivity contribution >= 4 is 26.7 Å². The molecule has 0 bridgehead atoms. The Morgan fingerprint density at radius 3 is 2.73 bits per heavy atom. The van der Waals surface area contributed by atoms with Gasteiger partial charge >= 0.3 is 0 Å². The molecule has 26 heavy (non-hydrogen) atoms. The Morgan fingerprint density at radius 1 is 1.23 bits per heavy atom. The van der Waals surface area contributed by atoms with Crippen LogP contribution >= 0.6 is 0 Å². The van der Waals surface area contributed by atoms with E-state index in [1.54, 1.807) is 19.2 Å². The van der Waals surface area contributed by atoms with Crippen molar-refractivity contribution in [1.29, 1.82) is 0 Å². The maximum atomic E-state index is 12.3. The summed E-state index contributed by atoms with van der Waals surface area (Å²) in [7, 11) is -3.31. The molecule has 0 spiro atoms. The third-order valence-corrected chi connectivity index (χ3v) is 7.08. The molecule has 3 aromatic rings. The van der Waals surface area contributed by atoms with Crippen molar-refractivity contribution in [2.24, 2.45) is 0 Å². The van der Waals surface area contributed by atoms with Gasteiger partial charge in [0.15, 0.2) is 0 Å². The van der Waals surface area contributed by atoms with Crippen molar-refractivity contribution in [1.82, 2.24) is 9.97 Å². The number of pyridine rings is 2. The van der Waals surface area contributed by atoms with Crippen molar-refractivity contribution in [3.63, 3.8) is 0 Å². The number of rotatable bonds is 3. The van der Waals surface area contributed by atoms with Gasteiger partial charge in [0.05, 0.1) is 5.25 Å². The van der Waals surface area contributed by atoms with E-state index in [0.717, 1.165) is 16.5 Å². The third-order valence-electron chi connectivity index (χ3n) is 4.84. The van der Waals surface area contributed by atoms with E-state index in [4.69, 9.17) is 0 Å². The molecule has 3 heterocycles. The number of anilines is 1. The number of nitrogens with zero attached hydrogens (tertiary/aromatic N) is 2. The highest BCUT2D eigenvalue weighted by Crippen LogP contribution is 2.27. The van der Waals surface area contributed by atoms with E-state index >= 15 is 0 Å². The highest BCUT2D eigenvalue weighted by atomic mass is 32.2. The largest absolute Gasteiger partial charge is 0.322 e. The Morgan fingerprint density at radius 2 is 2.04 bits per heavy atom. The first-order valence-corrected chi connectivity index (χ1v) is 10.0. The second kappa shape index (κ2) is 6.25. The molecule has 1 aliphatic rings. The molecule has 2 aromatic heterocycles. The van der Waals surface area contributed by atoms with E-state index < -0.39 is 10.0 Å². The molecule has 0 radical (unpaired) electrons. The van der Waals surface area contributed by atoms with E-state index in [9.17, 15) is 13.2 Å². The van der Waals surface area contributed by atoms with Crippen molar-refractivity contribution in [3.8, 4) is 0 Å². The number of hydrogen-bond acceptors (Lipinski definition) is 4. The van der Waals surface area contributed by atoms with Gasteiger partial charge in [-0.15, -0.1) is 0 Å². The quantitative estimate of drug-likeness (QED) is 0.769. The number of para-hydroxylation sites is 1. The molecule has 0 unspecified atom stereocenters. The Balaban J connectivity index is 1.61. The van der Waals surface area contributed by atoms with Crippen LogP contribution in [0.3, 0.4) is 0 Å². The summed E-state index contributed by atoms with van der Waals surface area (Å²) < 4.78 is 25.9. The van der Waals surface area contributed by atoms with E-state index in [-0.39, 0.29) is 10.8 Å². The van der Waals surface area contributed by atoms with E-state index in [2.05, 4.69) is 9.97 Å². The van der Waals surface area contributed by atoms with Crippen LogP contribution in [0.1, 0.15) is 24.5 Å². The topological polar surface area (TPSA) is 83.1 Å². The molecule has 1 atom stereocenters. The summed E-state index contributed by atoms with van der Waals surface area (Å²) in [6, 6.07) is 13.1. The first-order valence-electron chi connectivity index (χ1n) is 8.52. The van der Waals surface area contributed by atoms with Gasteiger partial charge in [0.2, 0.25) is 10.0 Å². The van der Waals surface area contributed by atoms with Gasteiger partial charge in [-0.25, -0.2) is 13.4 Å². The number of aromatic amines is 1. The molecule has 0 saturated carbocycles. The molecule has 1 saturated heterocycles. The SMILES string of the molecule is C[C@@H]1CCN(c2ccc(Cc3cc4ccccc4[nH]c3=O)cn2)S1(=O)=O. The van der Waals surface area contributed by atoms with Crippen LogP contribution in [0, 0.1) is 0 Å². The number of benzene rings is 1. The number of sulfonamides is 1. The zero-order valence-electron chi connectivity index (χ0n) is 14.3. The molecule has 1 fully saturated rings. The van der Waals surface area contributed by atoms with Crippen molar-refractivity contribution in [2.45, 2.75) is 25.0 Å². The summed E-state index contributed by atoms with van der Waals surface area (Å²) in [4.78, 5) is 19.5. The predicted molar refractivity (Wildman–Crippen MR) is 102 cm³/mol. The number of fused-ring (bicyclic) bond motifs is 1. The normalized spacial score (nSPS) is 19.1. The maximum absolute atomic E-state index is 12.3. The molecular weight excluding hydrogens is 350 g/mol. The van der Waals surface area contributed by atoms with Crippen LogP contribution in [0.2, 0.25) is 0 Å². The van der Waals surface area contributed by atoms with E-state index in [1.807, 2.05) is 36.4 Å². The fourth-order valence-electron chi connectivity index (χ4n) is 3.25. The van der Waals surface area contributed by atoms with Gasteiger partial charge in [-0.2, -0.15) is 0 Å². The average Bonchev–Trinajstić information content (AvgIpc) is 2.89. The zero-order valence-corrected chi connectivity index (χ0v) is 15.2. The molecule has 1 N–H and O–H groups in total. The van der Waals surface area contributed by atoms with Gasteiger partial charge < -0.3 is 4.98 Å². The number of H-pyrrole nitrogens is 1. The Bertz CT molecular complexity index is 1120. The lowest BCUT2D eigenvalue weighted by atomic mass is 10.1. The Kier molecular flexibility index (Phi) is 4.03. The van der Waals surface area contributed by atoms with Crippen LogP contribution in [-0.4, -0.2) is 30.2 Å². The minimum Gasteiger partial charge on any atom is -0.322 e. The monoisotopic (exact) mass is 369 g/mol. The fraction of sp³-hybridized carbons (Fsp3) is 0.263. The minimum atomic E-state index is -3.31. The Labute approximate surface area is 151 Å². The van der Waals surface area contributed by atoms with Crippen LogP contribution in [0.25, 0.3) is 10.9 Å². The smallest absolute Gasteiger partial charge is 0.251 e. The highest BCUT2D eigenvalue weighted by Gasteiger charge is 2.36. The number of hydrogen-bond donors (Lipinski definition) is 1. The first-order chi connectivity index (χ1) is 12.4. The summed E-state index contributed by atoms with van der Waals surface area (Å²) in [5.41, 5.74) is 2.20. The summed E-state index contributed by atoms with van der Waals surface area (Å²) in [6.07, 6.45) is 2.69. The van der Waals surface area contributed by atoms with Crippen LogP contribution in [-0.2, 0) is 16.4 Å². The standard InChI is InChI=1S/C19H19N3O3S/c1-13-8-9-22(26(13,24)25)18-7-6-14(12-20-18)10-16-11-15-4-2-3-5-17(15)21-19(16)23/h2-7,11-13H,8-10H2,1H3,(H,21,23)/t13-/m1/s1. The van der Waals surface area contributed by atoms with E-state index in [1.165, 1.54) is 4.31 Å². The van der Waals surface area contributed by atoms with Crippen LogP contribution in [0.5, 0.6) is 0 Å². The van der Waals surface area contributed by atoms with E-state index in [0.29, 0.717) is 30.8 Å². The van der Waals surface area contributed by atoms with Gasteiger partial charge in [0.1, 0.15) is 5.82 Å². The molecule has 1 aliphatic heterocycles. The summed E-state index contributed by atoms with van der Waals surface area (Å²) in [5.74, 6) is 0.436. The fourth-order valence-corrected chi connectivity index (χ4v) is 4.82. The predicted octanol–water partition coefficient (Wildman–Crippen LogP) is 2.44. The van der Waals surface area contributed by atoms with Crippen LogP contribution < -0.4 is 9.86 Å². The highest BCUT2D eigenvalue weighted by molar-refractivity contribution is 7.93. The lowest BCUT2D eigenvalue weighted by molar-refractivity contribution is 0.591. The van der Waals surface area contributed by atoms with Crippen LogP contribution in [0.4, 0.5) is 5.82 Å². The lowest BCUT2D eigenvalue weighted by Crippen LogP contribution is -2.28. The Hall–Kier alpha value is -2.67. The number of aromatic nitrogens is 2. The molecule has 7 heteroatoms. The molecule has 134 valence electrons. The minimum absolute atomic E-state index is 0.122. The first kappa shape index (κ1) is 16.8. The van der Waals surface area contributed by atoms with Crippen molar-refractivity contribution in [3.05, 3.63) is 70.1 Å². The maximum Gasteiger partial charge on any atom is 0.251 e. The lowest BCUT2D eigenvalue weighted by Gasteiger charge is -2.17. The second-order valence-corrected chi connectivity index (χ2v) is 8.90. The van der Waals surface area contributed by atoms with Crippen LogP contribution in [0.15, 0.2) is 53.5 Å². The van der Waals surface area contributed by atoms with Gasteiger partial charge in [0.25, 0.3) is 5.56 Å². The molecule has 1 aromatic carbocycles. The second-order valence-electron chi connectivity index (χ2n) is 6.63. The zero-order chi connectivity index (χ0) is 18.3. The summed E-state index contributed by atoms with van der Waals surface area (Å²) in [6.45, 7) is 2.18. The van der Waals surface area contributed by atoms with Crippen molar-refractivity contribution in [2.75, 3.05) is 10.8 Å². The summed E-state index contributed by atoms with van der Waals surface area (Å²) in [5, 5.41) is 0.601. The third kappa shape index (κ3) is 2.88. The molecule has 0 amide bonds. The molecule has 6 nitrogen and oxygen atoms in total. The van der Waals surface area contributed by atoms with Gasteiger partial charge in [-0.1, -0.05) is 24.3 Å². The average molecular weight is 369 g/mol. The number of nitrogens with one attached hydrogen (secondary N) is 1. The van der Waals surface area contributed by atoms with Gasteiger partial charge in [0, 0.05) is 30.2 Å². The van der Waals surface area contributed by atoms with Gasteiger partial charge in [-0.05, 0) is 42.5 Å². The molecule has 0 aliphatic carbocycles. The van der Waals surface area contributed by atoms with Gasteiger partial charge in [-0.3, -0.25) is 9.10 Å². The molecule has 4 rings (SSSR count). The summed E-state index contributed by atoms with van der Waals surface area (Å²) >= 11 is 0.